The van der Waals surface area contributed by atoms with E-state index in [1.807, 2.05) is 24.7 Å². The van der Waals surface area contributed by atoms with Gasteiger partial charge in [-0.25, -0.2) is 4.98 Å². The predicted molar refractivity (Wildman–Crippen MR) is 71.4 cm³/mol. The summed E-state index contributed by atoms with van der Waals surface area (Å²) in [5.74, 6) is 0.319. The highest BCUT2D eigenvalue weighted by atomic mass is 16.3. The molecule has 1 aromatic heterocycles. The van der Waals surface area contributed by atoms with Gasteiger partial charge in [0.2, 0.25) is 0 Å². The molecule has 1 atom stereocenters. The van der Waals surface area contributed by atoms with E-state index >= 15 is 0 Å². The molecule has 0 bridgehead atoms. The summed E-state index contributed by atoms with van der Waals surface area (Å²) in [6.07, 6.45) is 6.65. The van der Waals surface area contributed by atoms with E-state index in [2.05, 4.69) is 21.8 Å². The summed E-state index contributed by atoms with van der Waals surface area (Å²) in [5.41, 5.74) is 1.11. The number of phenols is 1. The number of hydrogen-bond acceptors (Lipinski definition) is 3. The summed E-state index contributed by atoms with van der Waals surface area (Å²) in [6.45, 7) is 4.01. The van der Waals surface area contributed by atoms with Crippen molar-refractivity contribution < 1.29 is 5.11 Å². The van der Waals surface area contributed by atoms with Crippen molar-refractivity contribution in [3.63, 3.8) is 0 Å². The Balaban J connectivity index is 1.73. The second-order valence-electron chi connectivity index (χ2n) is 4.42. The molecule has 0 amide bonds. The Hall–Kier alpha value is -1.81. The minimum atomic E-state index is 0.250. The van der Waals surface area contributed by atoms with Crippen LogP contribution in [0.3, 0.4) is 0 Å². The first-order chi connectivity index (χ1) is 8.75. The van der Waals surface area contributed by atoms with Crippen LogP contribution in [0.25, 0.3) is 0 Å². The van der Waals surface area contributed by atoms with Crippen molar-refractivity contribution in [1.82, 2.24) is 14.9 Å². The van der Waals surface area contributed by atoms with Crippen molar-refractivity contribution in [1.29, 1.82) is 0 Å². The SMILES string of the molecule is CC(NCCCn1ccnc1)c1cccc(O)c1. The second kappa shape index (κ2) is 6.21. The van der Waals surface area contributed by atoms with Crippen molar-refractivity contribution in [2.45, 2.75) is 25.9 Å². The lowest BCUT2D eigenvalue weighted by Gasteiger charge is -2.14. The van der Waals surface area contributed by atoms with Crippen molar-refractivity contribution >= 4 is 0 Å². The first-order valence-electron chi connectivity index (χ1n) is 6.24. The van der Waals surface area contributed by atoms with Crippen LogP contribution in [0.5, 0.6) is 5.75 Å². The van der Waals surface area contributed by atoms with Crippen LogP contribution in [0.2, 0.25) is 0 Å². The second-order valence-corrected chi connectivity index (χ2v) is 4.42. The van der Waals surface area contributed by atoms with E-state index < -0.39 is 0 Å². The third kappa shape index (κ3) is 3.60. The van der Waals surface area contributed by atoms with Crippen LogP contribution in [0.15, 0.2) is 43.0 Å². The molecule has 2 rings (SSSR count). The van der Waals surface area contributed by atoms with Crippen molar-refractivity contribution in [3.8, 4) is 5.75 Å². The van der Waals surface area contributed by atoms with Crippen molar-refractivity contribution in [2.24, 2.45) is 0 Å². The summed E-state index contributed by atoms with van der Waals surface area (Å²) in [5, 5.41) is 12.9. The molecule has 0 aliphatic carbocycles. The molecule has 0 aliphatic heterocycles. The van der Waals surface area contributed by atoms with Crippen LogP contribution >= 0.6 is 0 Å². The Labute approximate surface area is 107 Å². The molecule has 96 valence electrons. The fourth-order valence-electron chi connectivity index (χ4n) is 1.91. The van der Waals surface area contributed by atoms with Gasteiger partial charge in [-0.15, -0.1) is 0 Å². The molecule has 0 fully saturated rings. The number of phenolic OH excluding ortho intramolecular Hbond substituents is 1. The van der Waals surface area contributed by atoms with Crippen LogP contribution in [-0.2, 0) is 6.54 Å². The molecule has 2 N–H and O–H groups in total. The fourth-order valence-corrected chi connectivity index (χ4v) is 1.91. The molecule has 1 aromatic carbocycles. The minimum absolute atomic E-state index is 0.250. The highest BCUT2D eigenvalue weighted by Gasteiger charge is 2.04. The summed E-state index contributed by atoms with van der Waals surface area (Å²) in [4.78, 5) is 4.01. The molecule has 0 aliphatic rings. The number of nitrogens with zero attached hydrogens (tertiary/aromatic N) is 2. The zero-order valence-electron chi connectivity index (χ0n) is 10.6. The molecule has 0 saturated carbocycles. The van der Waals surface area contributed by atoms with E-state index in [9.17, 15) is 5.11 Å². The summed E-state index contributed by atoms with van der Waals surface area (Å²) >= 11 is 0. The Morgan fingerprint density at radius 1 is 1.44 bits per heavy atom. The number of benzene rings is 1. The third-order valence-electron chi connectivity index (χ3n) is 2.97. The fraction of sp³-hybridized carbons (Fsp3) is 0.357. The number of rotatable bonds is 6. The van der Waals surface area contributed by atoms with Crippen LogP contribution in [0.4, 0.5) is 0 Å². The first kappa shape index (κ1) is 12.6. The van der Waals surface area contributed by atoms with Gasteiger partial charge in [0.1, 0.15) is 5.75 Å². The van der Waals surface area contributed by atoms with Crippen molar-refractivity contribution in [2.75, 3.05) is 6.54 Å². The summed E-state index contributed by atoms with van der Waals surface area (Å²) in [7, 11) is 0. The number of imidazole rings is 1. The molecule has 0 spiro atoms. The van der Waals surface area contributed by atoms with Crippen LogP contribution in [-0.4, -0.2) is 21.2 Å². The average Bonchev–Trinajstić information content (AvgIpc) is 2.87. The Morgan fingerprint density at radius 2 is 2.33 bits per heavy atom. The number of nitrogens with one attached hydrogen (secondary N) is 1. The van der Waals surface area contributed by atoms with Gasteiger partial charge in [-0.3, -0.25) is 0 Å². The monoisotopic (exact) mass is 245 g/mol. The van der Waals surface area contributed by atoms with Gasteiger partial charge in [0, 0.05) is 25.0 Å². The maximum atomic E-state index is 9.42. The highest BCUT2D eigenvalue weighted by Crippen LogP contribution is 2.17. The smallest absolute Gasteiger partial charge is 0.115 e. The predicted octanol–water partition coefficient (Wildman–Crippen LogP) is 2.33. The van der Waals surface area contributed by atoms with E-state index in [-0.39, 0.29) is 6.04 Å². The lowest BCUT2D eigenvalue weighted by Crippen LogP contribution is -2.20. The molecular formula is C14H19N3O. The average molecular weight is 245 g/mol. The lowest BCUT2D eigenvalue weighted by molar-refractivity contribution is 0.471. The topological polar surface area (TPSA) is 50.1 Å². The molecule has 4 heteroatoms. The highest BCUT2D eigenvalue weighted by molar-refractivity contribution is 5.28. The lowest BCUT2D eigenvalue weighted by atomic mass is 10.1. The number of aromatic nitrogens is 2. The van der Waals surface area contributed by atoms with E-state index in [0.717, 1.165) is 25.1 Å². The van der Waals surface area contributed by atoms with Crippen LogP contribution in [0.1, 0.15) is 24.9 Å². The zero-order valence-corrected chi connectivity index (χ0v) is 10.6. The molecule has 1 unspecified atom stereocenters. The van der Waals surface area contributed by atoms with E-state index in [4.69, 9.17) is 0 Å². The third-order valence-corrected chi connectivity index (χ3v) is 2.97. The van der Waals surface area contributed by atoms with Crippen LogP contribution < -0.4 is 5.32 Å². The molecule has 0 radical (unpaired) electrons. The van der Waals surface area contributed by atoms with Crippen LogP contribution in [0, 0.1) is 0 Å². The van der Waals surface area contributed by atoms with Gasteiger partial charge in [-0.05, 0) is 37.6 Å². The first-order valence-corrected chi connectivity index (χ1v) is 6.24. The van der Waals surface area contributed by atoms with Gasteiger partial charge >= 0.3 is 0 Å². The van der Waals surface area contributed by atoms with Gasteiger partial charge in [0.05, 0.1) is 6.33 Å². The van der Waals surface area contributed by atoms with E-state index in [1.165, 1.54) is 0 Å². The van der Waals surface area contributed by atoms with Gasteiger partial charge < -0.3 is 15.0 Å². The van der Waals surface area contributed by atoms with Crippen molar-refractivity contribution in [3.05, 3.63) is 48.5 Å². The zero-order chi connectivity index (χ0) is 12.8. The maximum absolute atomic E-state index is 9.42. The Kier molecular flexibility index (Phi) is 4.36. The van der Waals surface area contributed by atoms with Gasteiger partial charge in [-0.2, -0.15) is 0 Å². The molecular weight excluding hydrogens is 226 g/mol. The maximum Gasteiger partial charge on any atom is 0.115 e. The number of hydrogen-bond donors (Lipinski definition) is 2. The normalized spacial score (nSPS) is 12.5. The molecule has 18 heavy (non-hydrogen) atoms. The Morgan fingerprint density at radius 3 is 3.06 bits per heavy atom. The summed E-state index contributed by atoms with van der Waals surface area (Å²) in [6, 6.07) is 7.63. The Bertz CT molecular complexity index is 468. The number of aromatic hydroxyl groups is 1. The van der Waals surface area contributed by atoms with Gasteiger partial charge in [-0.1, -0.05) is 12.1 Å². The molecule has 2 aromatic rings. The number of aryl methyl sites for hydroxylation is 1. The van der Waals surface area contributed by atoms with E-state index in [0.29, 0.717) is 5.75 Å². The van der Waals surface area contributed by atoms with Gasteiger partial charge in [0.25, 0.3) is 0 Å². The summed E-state index contributed by atoms with van der Waals surface area (Å²) < 4.78 is 2.07. The largest absolute Gasteiger partial charge is 0.508 e. The molecule has 1 heterocycles. The molecule has 0 saturated heterocycles. The van der Waals surface area contributed by atoms with Gasteiger partial charge in [0.15, 0.2) is 0 Å². The standard InChI is InChI=1S/C14H19N3O/c1-12(13-4-2-5-14(18)10-13)16-6-3-8-17-9-7-15-11-17/h2,4-5,7,9-12,16,18H,3,6,8H2,1H3. The minimum Gasteiger partial charge on any atom is -0.508 e. The quantitative estimate of drug-likeness (QED) is 0.768. The van der Waals surface area contributed by atoms with E-state index in [1.54, 1.807) is 18.3 Å². The molecule has 4 nitrogen and oxygen atoms in total.